The molecule has 0 bridgehead atoms. The number of nitrogens with one attached hydrogen (secondary N) is 1. The first-order chi connectivity index (χ1) is 13.7. The average molecular weight is 409 g/mol. The molecule has 0 radical (unpaired) electrons. The molecule has 164 valence electrons. The van der Waals surface area contributed by atoms with Crippen molar-refractivity contribution in [3.8, 4) is 0 Å². The zero-order chi connectivity index (χ0) is 21.0. The van der Waals surface area contributed by atoms with Crippen LogP contribution in [0.4, 0.5) is 4.79 Å². The van der Waals surface area contributed by atoms with Gasteiger partial charge in [0.15, 0.2) is 0 Å². The molecule has 3 fully saturated rings. The highest BCUT2D eigenvalue weighted by atomic mass is 16.6. The number of nitrogens with zero attached hydrogens (tertiary/aromatic N) is 1. The lowest BCUT2D eigenvalue weighted by molar-refractivity contribution is -0.160. The predicted octanol–water partition coefficient (Wildman–Crippen LogP) is 3.26. The molecule has 3 atom stereocenters. The van der Waals surface area contributed by atoms with Crippen molar-refractivity contribution in [2.75, 3.05) is 19.7 Å². The molecule has 2 aliphatic heterocycles. The fraction of sp³-hybridized carbons (Fsp3) is 0.864. The Morgan fingerprint density at radius 2 is 1.76 bits per heavy atom. The van der Waals surface area contributed by atoms with Crippen molar-refractivity contribution in [1.29, 1.82) is 0 Å². The summed E-state index contributed by atoms with van der Waals surface area (Å²) in [5.74, 6) is -0.0833. The van der Waals surface area contributed by atoms with E-state index in [4.69, 9.17) is 9.47 Å². The van der Waals surface area contributed by atoms with Gasteiger partial charge in [0, 0.05) is 13.1 Å². The van der Waals surface area contributed by atoms with E-state index >= 15 is 0 Å². The van der Waals surface area contributed by atoms with E-state index in [2.05, 4.69) is 5.32 Å². The Hall–Kier alpha value is -1.79. The maximum atomic E-state index is 12.5. The first kappa shape index (κ1) is 21.9. The quantitative estimate of drug-likeness (QED) is 0.557. The number of ether oxygens (including phenoxy) is 2. The van der Waals surface area contributed by atoms with Gasteiger partial charge in [-0.2, -0.15) is 0 Å². The second kappa shape index (κ2) is 9.35. The number of rotatable bonds is 5. The predicted molar refractivity (Wildman–Crippen MR) is 108 cm³/mol. The summed E-state index contributed by atoms with van der Waals surface area (Å²) in [5.41, 5.74) is -0.523. The third-order valence-electron chi connectivity index (χ3n) is 6.23. The molecule has 0 spiro atoms. The number of hydrogen-bond acceptors (Lipinski definition) is 5. The van der Waals surface area contributed by atoms with Gasteiger partial charge in [-0.05, 0) is 64.7 Å². The van der Waals surface area contributed by atoms with Crippen LogP contribution in [-0.4, -0.2) is 54.2 Å². The third-order valence-corrected chi connectivity index (χ3v) is 6.23. The maximum Gasteiger partial charge on any atom is 0.410 e. The Morgan fingerprint density at radius 1 is 1.07 bits per heavy atom. The Labute approximate surface area is 173 Å². The minimum Gasteiger partial charge on any atom is -0.464 e. The van der Waals surface area contributed by atoms with Crippen molar-refractivity contribution >= 4 is 18.0 Å². The van der Waals surface area contributed by atoms with Gasteiger partial charge in [0.25, 0.3) is 0 Å². The molecular formula is C22H36N2O5. The van der Waals surface area contributed by atoms with E-state index in [-0.39, 0.29) is 29.8 Å². The van der Waals surface area contributed by atoms with Crippen molar-refractivity contribution in [2.45, 2.75) is 83.8 Å². The first-order valence-electron chi connectivity index (χ1n) is 11.2. The van der Waals surface area contributed by atoms with Gasteiger partial charge in [0.05, 0.1) is 12.5 Å². The Morgan fingerprint density at radius 3 is 2.41 bits per heavy atom. The molecule has 0 aromatic heterocycles. The van der Waals surface area contributed by atoms with Gasteiger partial charge in [-0.15, -0.1) is 0 Å². The molecule has 1 N–H and O–H groups in total. The van der Waals surface area contributed by atoms with E-state index in [9.17, 15) is 14.4 Å². The SMILES string of the molecule is CC(C)(C)OC(=O)N1CCC[C@@H](C[C@H]2C(=O)NC2C(=O)OCC2CCCCC2)C1. The molecule has 1 unspecified atom stereocenters. The van der Waals surface area contributed by atoms with Crippen LogP contribution >= 0.6 is 0 Å². The fourth-order valence-corrected chi connectivity index (χ4v) is 4.63. The van der Waals surface area contributed by atoms with Crippen molar-refractivity contribution in [2.24, 2.45) is 17.8 Å². The minimum absolute atomic E-state index is 0.0843. The summed E-state index contributed by atoms with van der Waals surface area (Å²) in [7, 11) is 0. The van der Waals surface area contributed by atoms with E-state index < -0.39 is 11.6 Å². The van der Waals surface area contributed by atoms with Crippen LogP contribution in [-0.2, 0) is 19.1 Å². The van der Waals surface area contributed by atoms with E-state index in [1.54, 1.807) is 4.90 Å². The molecule has 2 heterocycles. The van der Waals surface area contributed by atoms with Gasteiger partial charge in [-0.3, -0.25) is 4.79 Å². The molecule has 3 aliphatic rings. The number of piperidine rings is 1. The molecule has 0 aromatic carbocycles. The van der Waals surface area contributed by atoms with Crippen LogP contribution in [0, 0.1) is 17.8 Å². The third kappa shape index (κ3) is 6.09. The Kier molecular flexibility index (Phi) is 7.06. The lowest BCUT2D eigenvalue weighted by Crippen LogP contribution is -2.63. The molecule has 29 heavy (non-hydrogen) atoms. The number of carbonyl (C=O) groups is 3. The Bertz CT molecular complexity index is 609. The van der Waals surface area contributed by atoms with E-state index in [1.807, 2.05) is 20.8 Å². The van der Waals surface area contributed by atoms with E-state index in [0.29, 0.717) is 32.0 Å². The van der Waals surface area contributed by atoms with Crippen molar-refractivity contribution < 1.29 is 23.9 Å². The number of amides is 2. The standard InChI is InChI=1S/C22H36N2O5/c1-22(2,3)29-21(27)24-11-7-10-16(13-24)12-17-18(23-19(17)25)20(26)28-14-15-8-5-4-6-9-15/h15-18H,4-14H2,1-3H3,(H,23,25)/t16-,17+,18?/m0/s1. The largest absolute Gasteiger partial charge is 0.464 e. The number of β-lactam (4-membered cyclic amide) rings is 1. The van der Waals surface area contributed by atoms with Crippen LogP contribution in [0.2, 0.25) is 0 Å². The molecule has 7 heteroatoms. The smallest absolute Gasteiger partial charge is 0.410 e. The van der Waals surface area contributed by atoms with Gasteiger partial charge in [-0.25, -0.2) is 9.59 Å². The van der Waals surface area contributed by atoms with E-state index in [1.165, 1.54) is 19.3 Å². The summed E-state index contributed by atoms with van der Waals surface area (Å²) < 4.78 is 11.0. The number of esters is 1. The molecule has 1 saturated carbocycles. The normalized spacial score (nSPS) is 28.3. The monoisotopic (exact) mass is 408 g/mol. The first-order valence-corrected chi connectivity index (χ1v) is 11.2. The molecule has 7 nitrogen and oxygen atoms in total. The molecule has 2 saturated heterocycles. The second-order valence-corrected chi connectivity index (χ2v) is 9.90. The van der Waals surface area contributed by atoms with Crippen LogP contribution in [0.25, 0.3) is 0 Å². The van der Waals surface area contributed by atoms with Crippen molar-refractivity contribution in [1.82, 2.24) is 10.2 Å². The summed E-state index contributed by atoms with van der Waals surface area (Å²) in [6.07, 6.45) is 8.07. The summed E-state index contributed by atoms with van der Waals surface area (Å²) in [5, 5.41) is 2.72. The lowest BCUT2D eigenvalue weighted by Gasteiger charge is -2.40. The van der Waals surface area contributed by atoms with Crippen LogP contribution < -0.4 is 5.32 Å². The summed E-state index contributed by atoms with van der Waals surface area (Å²) >= 11 is 0. The van der Waals surface area contributed by atoms with Crippen molar-refractivity contribution in [3.63, 3.8) is 0 Å². The number of hydrogen-bond donors (Lipinski definition) is 1. The lowest BCUT2D eigenvalue weighted by atomic mass is 9.80. The topological polar surface area (TPSA) is 84.9 Å². The van der Waals surface area contributed by atoms with Crippen molar-refractivity contribution in [3.05, 3.63) is 0 Å². The fourth-order valence-electron chi connectivity index (χ4n) is 4.63. The summed E-state index contributed by atoms with van der Waals surface area (Å²) in [6, 6.07) is -0.539. The molecular weight excluding hydrogens is 372 g/mol. The number of likely N-dealkylation sites (tertiary alicyclic amines) is 1. The van der Waals surface area contributed by atoms with Gasteiger partial charge >= 0.3 is 12.1 Å². The van der Waals surface area contributed by atoms with Gasteiger partial charge in [0.2, 0.25) is 5.91 Å². The zero-order valence-corrected chi connectivity index (χ0v) is 18.1. The molecule has 2 amide bonds. The van der Waals surface area contributed by atoms with Gasteiger partial charge in [0.1, 0.15) is 11.6 Å². The highest BCUT2D eigenvalue weighted by Gasteiger charge is 2.46. The van der Waals surface area contributed by atoms with Crippen LogP contribution in [0.15, 0.2) is 0 Å². The highest BCUT2D eigenvalue weighted by Crippen LogP contribution is 2.31. The van der Waals surface area contributed by atoms with Gasteiger partial charge in [-0.1, -0.05) is 19.3 Å². The zero-order valence-electron chi connectivity index (χ0n) is 18.1. The van der Waals surface area contributed by atoms with E-state index in [0.717, 1.165) is 25.7 Å². The molecule has 1 aliphatic carbocycles. The van der Waals surface area contributed by atoms with Crippen LogP contribution in [0.1, 0.15) is 72.1 Å². The average Bonchev–Trinajstić information content (AvgIpc) is 2.68. The second-order valence-electron chi connectivity index (χ2n) is 9.90. The number of carbonyl (C=O) groups excluding carboxylic acids is 3. The minimum atomic E-state index is -0.539. The van der Waals surface area contributed by atoms with Crippen LogP contribution in [0.3, 0.4) is 0 Å². The molecule has 0 aromatic rings. The highest BCUT2D eigenvalue weighted by molar-refractivity contribution is 5.97. The molecule has 3 rings (SSSR count). The summed E-state index contributed by atoms with van der Waals surface area (Å²) in [4.78, 5) is 38.7. The van der Waals surface area contributed by atoms with Crippen LogP contribution in [0.5, 0.6) is 0 Å². The van der Waals surface area contributed by atoms with Gasteiger partial charge < -0.3 is 19.7 Å². The summed E-state index contributed by atoms with van der Waals surface area (Å²) in [6.45, 7) is 7.28. The Balaban J connectivity index is 1.47. The maximum absolute atomic E-state index is 12.5.